The third-order valence-electron chi connectivity index (χ3n) is 0.537. The van der Waals surface area contributed by atoms with Gasteiger partial charge < -0.3 is 10.3 Å². The van der Waals surface area contributed by atoms with Crippen LogP contribution in [-0.4, -0.2) is 11.4 Å². The third kappa shape index (κ3) is 6.42. The van der Waals surface area contributed by atoms with Crippen molar-refractivity contribution in [2.75, 3.05) is 0 Å². The molecule has 0 saturated heterocycles. The summed E-state index contributed by atoms with van der Waals surface area (Å²) in [6.07, 6.45) is 6.13. The van der Waals surface area contributed by atoms with E-state index in [-0.39, 0.29) is 0 Å². The van der Waals surface area contributed by atoms with E-state index in [9.17, 15) is 4.79 Å². The Balaban J connectivity index is 0.000000162. The van der Waals surface area contributed by atoms with Gasteiger partial charge in [-0.2, -0.15) is 0 Å². The molecule has 0 unspecified atom stereocenters. The van der Waals surface area contributed by atoms with Crippen LogP contribution >= 0.6 is 0 Å². The lowest BCUT2D eigenvalue weighted by Crippen LogP contribution is -1.73. The molecule has 0 spiro atoms. The van der Waals surface area contributed by atoms with E-state index in [0.717, 1.165) is 0 Å². The molecule has 1 aromatic rings. The van der Waals surface area contributed by atoms with Crippen LogP contribution in [0.3, 0.4) is 0 Å². The number of nitrogens with zero attached hydrogens (tertiary/aromatic N) is 1. The summed E-state index contributed by atoms with van der Waals surface area (Å²) in [5.41, 5.74) is 4.73. The first-order valence-corrected chi connectivity index (χ1v) is 2.58. The number of carbonyl (C=O) groups excluding carboxylic acids is 1. The maximum absolute atomic E-state index is 9.24. The van der Waals surface area contributed by atoms with Crippen LogP contribution in [0, 0.1) is 0 Å². The van der Waals surface area contributed by atoms with Crippen molar-refractivity contribution < 1.29 is 9.32 Å². The van der Waals surface area contributed by atoms with Gasteiger partial charge in [0, 0.05) is 0 Å². The highest BCUT2D eigenvalue weighted by atomic mass is 16.5. The monoisotopic (exact) mass is 140 g/mol. The van der Waals surface area contributed by atoms with Crippen LogP contribution in [0.4, 0.5) is 0 Å². The van der Waals surface area contributed by atoms with Gasteiger partial charge in [-0.05, 0) is 18.3 Å². The van der Waals surface area contributed by atoms with Gasteiger partial charge in [-0.25, -0.2) is 0 Å². The maximum Gasteiger partial charge on any atom is 0.144 e. The molecule has 0 bridgehead atoms. The lowest BCUT2D eigenvalue weighted by atomic mass is 10.7. The standard InChI is InChI=1S/C3H3NO.C3H5NO/c1-2-4-5-3-1;4-2-1-3-5/h1-3H;1-3H,4H2. The number of hydrogen-bond acceptors (Lipinski definition) is 4. The lowest BCUT2D eigenvalue weighted by Gasteiger charge is -1.54. The summed E-state index contributed by atoms with van der Waals surface area (Å²) in [4.78, 5) is 9.24. The topological polar surface area (TPSA) is 69.1 Å². The zero-order valence-electron chi connectivity index (χ0n) is 5.31. The number of rotatable bonds is 1. The SMILES string of the molecule is NC=CC=O.c1cnoc1. The number of aldehydes is 1. The highest BCUT2D eigenvalue weighted by molar-refractivity contribution is 5.64. The number of aromatic nitrogens is 1. The molecule has 0 saturated carbocycles. The minimum atomic E-state index is 0.625. The fourth-order valence-corrected chi connectivity index (χ4v) is 0.221. The molecule has 0 fully saturated rings. The lowest BCUT2D eigenvalue weighted by molar-refractivity contribution is -0.104. The molecule has 4 heteroatoms. The normalized spacial score (nSPS) is 8.40. The average Bonchev–Trinajstić information content (AvgIpc) is 2.44. The fourth-order valence-electron chi connectivity index (χ4n) is 0.221. The van der Waals surface area contributed by atoms with Gasteiger partial charge >= 0.3 is 0 Å². The Labute approximate surface area is 58.3 Å². The number of carbonyl (C=O) groups is 1. The van der Waals surface area contributed by atoms with Crippen molar-refractivity contribution >= 4 is 6.29 Å². The molecule has 1 aromatic heterocycles. The number of nitrogens with two attached hydrogens (primary N) is 1. The molecule has 0 atom stereocenters. The molecule has 0 amide bonds. The van der Waals surface area contributed by atoms with Crippen molar-refractivity contribution in [2.24, 2.45) is 5.73 Å². The third-order valence-corrected chi connectivity index (χ3v) is 0.537. The smallest absolute Gasteiger partial charge is 0.144 e. The van der Waals surface area contributed by atoms with Gasteiger partial charge in [0.2, 0.25) is 0 Å². The zero-order chi connectivity index (χ0) is 7.66. The van der Waals surface area contributed by atoms with Crippen molar-refractivity contribution in [3.63, 3.8) is 0 Å². The maximum atomic E-state index is 9.24. The van der Waals surface area contributed by atoms with Crippen molar-refractivity contribution in [2.45, 2.75) is 0 Å². The fraction of sp³-hybridized carbons (Fsp3) is 0. The molecule has 0 aliphatic rings. The predicted molar refractivity (Wildman–Crippen MR) is 35.9 cm³/mol. The molecule has 10 heavy (non-hydrogen) atoms. The zero-order valence-corrected chi connectivity index (χ0v) is 5.31. The first kappa shape index (κ1) is 8.42. The minimum absolute atomic E-state index is 0.625. The molecule has 2 N–H and O–H groups in total. The van der Waals surface area contributed by atoms with Crippen LogP contribution in [0.5, 0.6) is 0 Å². The van der Waals surface area contributed by atoms with Gasteiger partial charge in [-0.1, -0.05) is 5.16 Å². The van der Waals surface area contributed by atoms with Gasteiger partial charge in [-0.3, -0.25) is 4.79 Å². The summed E-state index contributed by atoms with van der Waals surface area (Å²) in [6, 6.07) is 1.72. The Bertz CT molecular complexity index is 153. The largest absolute Gasteiger partial charge is 0.405 e. The highest BCUT2D eigenvalue weighted by Gasteiger charge is 1.60. The second-order valence-electron chi connectivity index (χ2n) is 1.21. The van der Waals surface area contributed by atoms with Crippen molar-refractivity contribution in [3.05, 3.63) is 30.8 Å². The van der Waals surface area contributed by atoms with Gasteiger partial charge in [0.15, 0.2) is 0 Å². The van der Waals surface area contributed by atoms with Gasteiger partial charge in [0.1, 0.15) is 12.5 Å². The minimum Gasteiger partial charge on any atom is -0.405 e. The van der Waals surface area contributed by atoms with E-state index >= 15 is 0 Å². The van der Waals surface area contributed by atoms with Crippen molar-refractivity contribution in [3.8, 4) is 0 Å². The van der Waals surface area contributed by atoms with Crippen molar-refractivity contribution in [1.82, 2.24) is 5.16 Å². The van der Waals surface area contributed by atoms with E-state index < -0.39 is 0 Å². The molecule has 0 aliphatic heterocycles. The summed E-state index contributed by atoms with van der Waals surface area (Å²) >= 11 is 0. The van der Waals surface area contributed by atoms with Gasteiger partial charge in [0.05, 0.1) is 6.20 Å². The molecule has 4 nitrogen and oxygen atoms in total. The molecule has 0 radical (unpaired) electrons. The Kier molecular flexibility index (Phi) is 6.25. The average molecular weight is 140 g/mol. The summed E-state index contributed by atoms with van der Waals surface area (Å²) in [7, 11) is 0. The van der Waals surface area contributed by atoms with E-state index in [1.807, 2.05) is 0 Å². The van der Waals surface area contributed by atoms with Crippen LogP contribution in [0.25, 0.3) is 0 Å². The molecule has 0 aromatic carbocycles. The van der Waals surface area contributed by atoms with E-state index in [0.29, 0.717) is 6.29 Å². The second kappa shape index (κ2) is 7.42. The van der Waals surface area contributed by atoms with Gasteiger partial charge in [0.25, 0.3) is 0 Å². The van der Waals surface area contributed by atoms with Crippen LogP contribution in [0.1, 0.15) is 0 Å². The Hall–Kier alpha value is -1.58. The molecule has 54 valence electrons. The van der Waals surface area contributed by atoms with Crippen LogP contribution < -0.4 is 5.73 Å². The van der Waals surface area contributed by atoms with E-state index in [1.165, 1.54) is 18.5 Å². The van der Waals surface area contributed by atoms with E-state index in [1.54, 1.807) is 12.3 Å². The Morgan fingerprint density at radius 2 is 2.40 bits per heavy atom. The quantitative estimate of drug-likeness (QED) is 0.451. The Morgan fingerprint density at radius 3 is 2.50 bits per heavy atom. The van der Waals surface area contributed by atoms with E-state index in [2.05, 4.69) is 9.68 Å². The van der Waals surface area contributed by atoms with Crippen molar-refractivity contribution in [1.29, 1.82) is 0 Å². The first-order chi connectivity index (χ1) is 4.91. The first-order valence-electron chi connectivity index (χ1n) is 2.58. The second-order valence-corrected chi connectivity index (χ2v) is 1.21. The Morgan fingerprint density at radius 1 is 1.60 bits per heavy atom. The summed E-state index contributed by atoms with van der Waals surface area (Å²) < 4.78 is 4.33. The molecular weight excluding hydrogens is 132 g/mol. The molecule has 0 aliphatic carbocycles. The van der Waals surface area contributed by atoms with Crippen LogP contribution in [0.2, 0.25) is 0 Å². The van der Waals surface area contributed by atoms with Crippen LogP contribution in [-0.2, 0) is 4.79 Å². The molecule has 1 heterocycles. The number of allylic oxidation sites excluding steroid dienone is 1. The molecule has 1 rings (SSSR count). The molecular formula is C6H8N2O2. The number of hydrogen-bond donors (Lipinski definition) is 1. The predicted octanol–water partition coefficient (Wildman–Crippen LogP) is 0.332. The van der Waals surface area contributed by atoms with E-state index in [4.69, 9.17) is 5.73 Å². The summed E-state index contributed by atoms with van der Waals surface area (Å²) in [6.45, 7) is 0. The summed E-state index contributed by atoms with van der Waals surface area (Å²) in [5, 5.41) is 3.35. The van der Waals surface area contributed by atoms with Gasteiger partial charge in [-0.15, -0.1) is 0 Å². The summed E-state index contributed by atoms with van der Waals surface area (Å²) in [5.74, 6) is 0. The van der Waals surface area contributed by atoms with Crippen LogP contribution in [0.15, 0.2) is 35.3 Å². The highest BCUT2D eigenvalue weighted by Crippen LogP contribution is 1.72.